The summed E-state index contributed by atoms with van der Waals surface area (Å²) >= 11 is 0. The number of aliphatic hydroxyl groups is 1. The molecule has 0 aromatic rings. The lowest BCUT2D eigenvalue weighted by Crippen LogP contribution is -2.47. The third-order valence-electron chi connectivity index (χ3n) is 1.90. The average Bonchev–Trinajstić information content (AvgIpc) is 2.62. The third-order valence-corrected chi connectivity index (χ3v) is 1.90. The Balaban J connectivity index is 3.04. The molecule has 0 radical (unpaired) electrons. The van der Waals surface area contributed by atoms with Gasteiger partial charge in [0.05, 0.1) is 19.4 Å². The van der Waals surface area contributed by atoms with E-state index < -0.39 is 23.2 Å². The number of hydrogen-bond donors (Lipinski definition) is 1. The highest BCUT2D eigenvalue weighted by atomic mass is 16.6. The van der Waals surface area contributed by atoms with Crippen molar-refractivity contribution in [2.75, 3.05) is 13.2 Å². The largest absolute Gasteiger partial charge is 0.507 e. The number of carbonyl (C=O) groups excluding carboxylic acids is 2. The topological polar surface area (TPSA) is 97.6 Å². The van der Waals surface area contributed by atoms with E-state index in [1.165, 1.54) is 0 Å². The predicted molar refractivity (Wildman–Crippen MR) is 51.6 cm³/mol. The minimum Gasteiger partial charge on any atom is -0.507 e. The van der Waals surface area contributed by atoms with Crippen LogP contribution in [0.5, 0.6) is 0 Å². The van der Waals surface area contributed by atoms with Gasteiger partial charge in [0.1, 0.15) is 0 Å². The minimum absolute atomic E-state index is 0.0583. The number of rotatable bonds is 4. The van der Waals surface area contributed by atoms with E-state index in [0.29, 0.717) is 0 Å². The van der Waals surface area contributed by atoms with Crippen molar-refractivity contribution in [3.8, 4) is 0 Å². The molecule has 7 nitrogen and oxygen atoms in total. The lowest BCUT2D eigenvalue weighted by Gasteiger charge is -2.20. The van der Waals surface area contributed by atoms with E-state index in [0.717, 1.165) is 6.20 Å². The Morgan fingerprint density at radius 3 is 2.12 bits per heavy atom. The molecule has 1 heterocycles. The molecule has 0 fully saturated rings. The van der Waals surface area contributed by atoms with Gasteiger partial charge in [-0.1, -0.05) is 0 Å². The molecule has 0 saturated heterocycles. The predicted octanol–water partition coefficient (Wildman–Crippen LogP) is 0.717. The van der Waals surface area contributed by atoms with Crippen LogP contribution in [-0.2, 0) is 19.1 Å². The number of aliphatic hydroxyl groups excluding tert-OH is 1. The maximum atomic E-state index is 11.6. The van der Waals surface area contributed by atoms with Crippen LogP contribution in [0.15, 0.2) is 22.2 Å². The minimum atomic E-state index is -2.17. The summed E-state index contributed by atoms with van der Waals surface area (Å²) in [6.07, 6.45) is 0.911. The molecule has 1 aliphatic heterocycles. The van der Waals surface area contributed by atoms with Gasteiger partial charge in [0, 0.05) is 0 Å². The van der Waals surface area contributed by atoms with Crippen LogP contribution in [0.25, 0.3) is 0 Å². The van der Waals surface area contributed by atoms with Crippen LogP contribution in [0.1, 0.15) is 13.8 Å². The van der Waals surface area contributed by atoms with Crippen LogP contribution < -0.4 is 0 Å². The standard InChI is InChI=1S/C9H12N2O5/c1-3-15-7(13)9(8(14)16-4-2)6(12)5-10-11-9/h5,12H,3-4H2,1-2H3. The van der Waals surface area contributed by atoms with Gasteiger partial charge >= 0.3 is 17.5 Å². The van der Waals surface area contributed by atoms with Crippen molar-refractivity contribution >= 4 is 11.9 Å². The van der Waals surface area contributed by atoms with E-state index >= 15 is 0 Å². The maximum absolute atomic E-state index is 11.6. The smallest absolute Gasteiger partial charge is 0.355 e. The van der Waals surface area contributed by atoms with E-state index in [1.54, 1.807) is 13.8 Å². The summed E-state index contributed by atoms with van der Waals surface area (Å²) in [4.78, 5) is 23.2. The molecule has 1 rings (SSSR count). The number of nitrogens with zero attached hydrogens (tertiary/aromatic N) is 2. The second kappa shape index (κ2) is 4.73. The van der Waals surface area contributed by atoms with Crippen molar-refractivity contribution in [3.05, 3.63) is 12.0 Å². The van der Waals surface area contributed by atoms with Gasteiger partial charge in [-0.3, -0.25) is 0 Å². The van der Waals surface area contributed by atoms with Crippen molar-refractivity contribution in [1.82, 2.24) is 0 Å². The second-order valence-electron chi connectivity index (χ2n) is 2.88. The fraction of sp³-hybridized carbons (Fsp3) is 0.556. The maximum Gasteiger partial charge on any atom is 0.355 e. The average molecular weight is 228 g/mol. The first-order valence-electron chi connectivity index (χ1n) is 4.75. The normalized spacial score (nSPS) is 16.8. The zero-order valence-corrected chi connectivity index (χ0v) is 8.97. The van der Waals surface area contributed by atoms with E-state index in [9.17, 15) is 14.7 Å². The van der Waals surface area contributed by atoms with Crippen molar-refractivity contribution in [1.29, 1.82) is 0 Å². The fourth-order valence-electron chi connectivity index (χ4n) is 1.16. The summed E-state index contributed by atoms with van der Waals surface area (Å²) in [5.74, 6) is -2.59. The molecule has 88 valence electrons. The zero-order chi connectivity index (χ0) is 12.2. The Morgan fingerprint density at radius 2 is 1.81 bits per heavy atom. The van der Waals surface area contributed by atoms with Crippen LogP contribution in [-0.4, -0.2) is 35.8 Å². The first-order chi connectivity index (χ1) is 7.59. The molecule has 0 spiro atoms. The van der Waals surface area contributed by atoms with Gasteiger partial charge in [-0.05, 0) is 13.8 Å². The molecule has 0 bridgehead atoms. The summed E-state index contributed by atoms with van der Waals surface area (Å²) in [5, 5.41) is 16.3. The molecule has 0 atom stereocenters. The number of hydrogen-bond acceptors (Lipinski definition) is 7. The Bertz CT molecular complexity index is 343. The molecular weight excluding hydrogens is 216 g/mol. The number of carbonyl (C=O) groups is 2. The van der Waals surface area contributed by atoms with Crippen molar-refractivity contribution in [3.63, 3.8) is 0 Å². The molecule has 16 heavy (non-hydrogen) atoms. The van der Waals surface area contributed by atoms with Crippen LogP contribution in [0.2, 0.25) is 0 Å². The summed E-state index contributed by atoms with van der Waals surface area (Å²) in [6, 6.07) is 0. The lowest BCUT2D eigenvalue weighted by atomic mass is 9.99. The van der Waals surface area contributed by atoms with E-state index in [2.05, 4.69) is 19.7 Å². The summed E-state index contributed by atoms with van der Waals surface area (Å²) in [5.41, 5.74) is -2.17. The molecular formula is C9H12N2O5. The highest BCUT2D eigenvalue weighted by Gasteiger charge is 2.56. The first kappa shape index (κ1) is 12.2. The fourth-order valence-corrected chi connectivity index (χ4v) is 1.16. The van der Waals surface area contributed by atoms with Gasteiger partial charge in [0.2, 0.25) is 0 Å². The van der Waals surface area contributed by atoms with Gasteiger partial charge in [-0.25, -0.2) is 9.59 Å². The molecule has 0 amide bonds. The molecule has 1 N–H and O–H groups in total. The molecule has 0 aromatic carbocycles. The van der Waals surface area contributed by atoms with Crippen molar-refractivity contribution in [2.45, 2.75) is 19.4 Å². The lowest BCUT2D eigenvalue weighted by molar-refractivity contribution is -0.162. The summed E-state index contributed by atoms with van der Waals surface area (Å²) in [6.45, 7) is 3.26. The van der Waals surface area contributed by atoms with Crippen LogP contribution in [0.4, 0.5) is 0 Å². The van der Waals surface area contributed by atoms with Gasteiger partial charge in [-0.15, -0.1) is 5.11 Å². The Hall–Kier alpha value is -1.92. The van der Waals surface area contributed by atoms with Crippen LogP contribution in [0, 0.1) is 0 Å². The summed E-state index contributed by atoms with van der Waals surface area (Å²) < 4.78 is 9.35. The first-order valence-corrected chi connectivity index (χ1v) is 4.75. The van der Waals surface area contributed by atoms with E-state index in [4.69, 9.17) is 0 Å². The molecule has 7 heteroatoms. The molecule has 0 unspecified atom stereocenters. The van der Waals surface area contributed by atoms with Gasteiger partial charge in [0.25, 0.3) is 0 Å². The SMILES string of the molecule is CCOC(=O)C1(C(=O)OCC)N=NC=C1O. The van der Waals surface area contributed by atoms with E-state index in [1.807, 2.05) is 0 Å². The molecule has 0 saturated carbocycles. The number of esters is 2. The van der Waals surface area contributed by atoms with E-state index in [-0.39, 0.29) is 13.2 Å². The monoisotopic (exact) mass is 228 g/mol. The van der Waals surface area contributed by atoms with Crippen LogP contribution >= 0.6 is 0 Å². The van der Waals surface area contributed by atoms with Crippen molar-refractivity contribution < 1.29 is 24.2 Å². The Morgan fingerprint density at radius 1 is 1.31 bits per heavy atom. The highest BCUT2D eigenvalue weighted by Crippen LogP contribution is 2.29. The third kappa shape index (κ3) is 1.75. The van der Waals surface area contributed by atoms with Gasteiger partial charge < -0.3 is 14.6 Å². The zero-order valence-electron chi connectivity index (χ0n) is 8.97. The molecule has 0 aliphatic carbocycles. The Kier molecular flexibility index (Phi) is 3.60. The molecule has 0 aromatic heterocycles. The number of ether oxygens (including phenoxy) is 2. The van der Waals surface area contributed by atoms with Crippen molar-refractivity contribution in [2.24, 2.45) is 10.2 Å². The Labute approximate surface area is 91.8 Å². The second-order valence-corrected chi connectivity index (χ2v) is 2.88. The highest BCUT2D eigenvalue weighted by molar-refractivity contribution is 6.08. The van der Waals surface area contributed by atoms with Crippen LogP contribution in [0.3, 0.4) is 0 Å². The quantitative estimate of drug-likeness (QED) is 0.564. The number of azo groups is 1. The van der Waals surface area contributed by atoms with Gasteiger partial charge in [0.15, 0.2) is 5.76 Å². The summed E-state index contributed by atoms with van der Waals surface area (Å²) in [7, 11) is 0. The molecule has 1 aliphatic rings. The van der Waals surface area contributed by atoms with Gasteiger partial charge in [-0.2, -0.15) is 5.11 Å².